The van der Waals surface area contributed by atoms with E-state index in [1.54, 1.807) is 12.1 Å². The fraction of sp³-hybridized carbons (Fsp3) is 0.308. The van der Waals surface area contributed by atoms with Gasteiger partial charge in [0.25, 0.3) is 10.1 Å². The van der Waals surface area contributed by atoms with Gasteiger partial charge in [0.05, 0.1) is 11.5 Å². The lowest BCUT2D eigenvalue weighted by Gasteiger charge is -2.08. The van der Waals surface area contributed by atoms with Gasteiger partial charge in [-0.05, 0) is 25.1 Å². The molecule has 0 saturated carbocycles. The van der Waals surface area contributed by atoms with Crippen LogP contribution in [0.25, 0.3) is 0 Å². The van der Waals surface area contributed by atoms with E-state index >= 15 is 0 Å². The fourth-order valence-corrected chi connectivity index (χ4v) is 2.24. The Balaban J connectivity index is 2.59. The first-order valence-corrected chi connectivity index (χ1v) is 7.08. The number of carbonyl (C=O) groups is 1. The van der Waals surface area contributed by atoms with Gasteiger partial charge in [-0.15, -0.1) is 0 Å². The van der Waals surface area contributed by atoms with Gasteiger partial charge in [0.1, 0.15) is 6.10 Å². The molecule has 1 aromatic carbocycles. The third-order valence-corrected chi connectivity index (χ3v) is 3.80. The van der Waals surface area contributed by atoms with Crippen molar-refractivity contribution in [3.05, 3.63) is 42.5 Å². The third kappa shape index (κ3) is 4.59. The average Bonchev–Trinajstić information content (AvgIpc) is 2.37. The summed E-state index contributed by atoms with van der Waals surface area (Å²) < 4.78 is 28.3. The Hall–Kier alpha value is -1.50. The average molecular weight is 284 g/mol. The van der Waals surface area contributed by atoms with E-state index in [9.17, 15) is 18.3 Å². The molecule has 6 heteroatoms. The lowest BCUT2D eigenvalue weighted by Crippen LogP contribution is -2.21. The highest BCUT2D eigenvalue weighted by molar-refractivity contribution is 7.86. The summed E-state index contributed by atoms with van der Waals surface area (Å²) in [5.41, 5.74) is 0.936. The van der Waals surface area contributed by atoms with E-state index in [1.807, 2.05) is 6.92 Å². The largest absolute Gasteiger partial charge is 0.385 e. The molecule has 0 aliphatic heterocycles. The standard InChI is InChI=1S/C13H16O5S/c1-3-12(14)13(15)8-9-18-19(16,17)11-6-4-10(2)5-7-11/h3-7,13,15H,1,8-9H2,2H3. The van der Waals surface area contributed by atoms with Crippen LogP contribution >= 0.6 is 0 Å². The maximum Gasteiger partial charge on any atom is 0.296 e. The summed E-state index contributed by atoms with van der Waals surface area (Å²) in [5, 5.41) is 9.33. The first-order valence-electron chi connectivity index (χ1n) is 5.67. The summed E-state index contributed by atoms with van der Waals surface area (Å²) in [7, 11) is -3.85. The Morgan fingerprint density at radius 2 is 2.00 bits per heavy atom. The molecule has 5 nitrogen and oxygen atoms in total. The molecule has 0 aromatic heterocycles. The van der Waals surface area contributed by atoms with Crippen molar-refractivity contribution in [2.24, 2.45) is 0 Å². The van der Waals surface area contributed by atoms with Crippen molar-refractivity contribution in [1.82, 2.24) is 0 Å². The maximum absolute atomic E-state index is 11.8. The second-order valence-electron chi connectivity index (χ2n) is 4.00. The molecule has 0 heterocycles. The number of benzene rings is 1. The van der Waals surface area contributed by atoms with Crippen LogP contribution in [0.2, 0.25) is 0 Å². The molecule has 0 aliphatic carbocycles. The first-order chi connectivity index (χ1) is 8.86. The van der Waals surface area contributed by atoms with Crippen molar-refractivity contribution in [3.63, 3.8) is 0 Å². The van der Waals surface area contributed by atoms with Crippen LogP contribution < -0.4 is 0 Å². The Morgan fingerprint density at radius 3 is 2.53 bits per heavy atom. The van der Waals surface area contributed by atoms with E-state index in [2.05, 4.69) is 6.58 Å². The first kappa shape index (κ1) is 15.6. The van der Waals surface area contributed by atoms with Crippen LogP contribution in [0.5, 0.6) is 0 Å². The lowest BCUT2D eigenvalue weighted by molar-refractivity contribution is -0.122. The summed E-state index contributed by atoms with van der Waals surface area (Å²) in [6.07, 6.45) is -0.402. The Bertz CT molecular complexity index is 545. The molecular weight excluding hydrogens is 268 g/mol. The van der Waals surface area contributed by atoms with Crippen LogP contribution in [0.3, 0.4) is 0 Å². The Kier molecular flexibility index (Phi) is 5.41. The number of hydrogen-bond acceptors (Lipinski definition) is 5. The zero-order valence-electron chi connectivity index (χ0n) is 10.6. The monoisotopic (exact) mass is 284 g/mol. The number of aliphatic hydroxyl groups is 1. The number of aliphatic hydroxyl groups excluding tert-OH is 1. The minimum atomic E-state index is -3.85. The van der Waals surface area contributed by atoms with Crippen LogP contribution in [0.1, 0.15) is 12.0 Å². The smallest absolute Gasteiger partial charge is 0.296 e. The van der Waals surface area contributed by atoms with E-state index in [0.29, 0.717) is 0 Å². The van der Waals surface area contributed by atoms with Gasteiger partial charge in [0, 0.05) is 6.42 Å². The SMILES string of the molecule is C=CC(=O)C(O)CCOS(=O)(=O)c1ccc(C)cc1. The molecule has 104 valence electrons. The number of carbonyl (C=O) groups excluding carboxylic acids is 1. The molecule has 1 rings (SSSR count). The quantitative estimate of drug-likeness (QED) is 0.601. The molecule has 1 unspecified atom stereocenters. The molecule has 0 bridgehead atoms. The van der Waals surface area contributed by atoms with E-state index in [4.69, 9.17) is 4.18 Å². The predicted molar refractivity (Wildman–Crippen MR) is 70.1 cm³/mol. The summed E-state index contributed by atoms with van der Waals surface area (Å²) in [6, 6.07) is 6.20. The minimum absolute atomic E-state index is 0.0441. The third-order valence-electron chi connectivity index (χ3n) is 2.47. The molecule has 19 heavy (non-hydrogen) atoms. The molecule has 0 spiro atoms. The van der Waals surface area contributed by atoms with Gasteiger partial charge in [-0.3, -0.25) is 8.98 Å². The normalized spacial score (nSPS) is 12.9. The number of aryl methyl sites for hydroxylation is 1. The van der Waals surface area contributed by atoms with Crippen molar-refractivity contribution >= 4 is 15.9 Å². The predicted octanol–water partition coefficient (Wildman–Crippen LogP) is 1.21. The second-order valence-corrected chi connectivity index (χ2v) is 5.62. The zero-order chi connectivity index (χ0) is 14.5. The van der Waals surface area contributed by atoms with Crippen molar-refractivity contribution in [2.75, 3.05) is 6.61 Å². The lowest BCUT2D eigenvalue weighted by atomic mass is 10.2. The van der Waals surface area contributed by atoms with Gasteiger partial charge in [-0.25, -0.2) is 0 Å². The number of ketones is 1. The molecule has 1 atom stereocenters. The minimum Gasteiger partial charge on any atom is -0.385 e. The van der Waals surface area contributed by atoms with Gasteiger partial charge in [0.2, 0.25) is 0 Å². The Labute approximate surface area is 112 Å². The molecular formula is C13H16O5S. The molecule has 0 aliphatic rings. The summed E-state index contributed by atoms with van der Waals surface area (Å²) in [6.45, 7) is 4.80. The number of hydrogen-bond donors (Lipinski definition) is 1. The molecule has 0 saturated heterocycles. The summed E-state index contributed by atoms with van der Waals surface area (Å²) in [4.78, 5) is 11.0. The van der Waals surface area contributed by atoms with Crippen LogP contribution in [0.4, 0.5) is 0 Å². The van der Waals surface area contributed by atoms with Gasteiger partial charge in [-0.2, -0.15) is 8.42 Å². The van der Waals surface area contributed by atoms with E-state index < -0.39 is 22.0 Å². The Morgan fingerprint density at radius 1 is 1.42 bits per heavy atom. The topological polar surface area (TPSA) is 80.7 Å². The molecule has 1 N–H and O–H groups in total. The summed E-state index contributed by atoms with van der Waals surface area (Å²) in [5.74, 6) is -0.559. The van der Waals surface area contributed by atoms with Crippen LogP contribution in [-0.4, -0.2) is 32.0 Å². The zero-order valence-corrected chi connectivity index (χ0v) is 11.4. The highest BCUT2D eigenvalue weighted by atomic mass is 32.2. The highest BCUT2D eigenvalue weighted by Crippen LogP contribution is 2.13. The van der Waals surface area contributed by atoms with Gasteiger partial charge in [-0.1, -0.05) is 24.3 Å². The number of rotatable bonds is 7. The van der Waals surface area contributed by atoms with Gasteiger partial charge in [0.15, 0.2) is 5.78 Å². The highest BCUT2D eigenvalue weighted by Gasteiger charge is 2.17. The van der Waals surface area contributed by atoms with Gasteiger partial charge < -0.3 is 5.11 Å². The molecule has 0 fully saturated rings. The molecule has 0 amide bonds. The van der Waals surface area contributed by atoms with Gasteiger partial charge >= 0.3 is 0 Å². The van der Waals surface area contributed by atoms with E-state index in [-0.39, 0.29) is 17.9 Å². The summed E-state index contributed by atoms with van der Waals surface area (Å²) >= 11 is 0. The maximum atomic E-state index is 11.8. The van der Waals surface area contributed by atoms with E-state index in [1.165, 1.54) is 12.1 Å². The van der Waals surface area contributed by atoms with Crippen LogP contribution in [0, 0.1) is 6.92 Å². The molecule has 0 radical (unpaired) electrons. The molecule has 1 aromatic rings. The fourth-order valence-electron chi connectivity index (χ4n) is 1.32. The van der Waals surface area contributed by atoms with Crippen molar-refractivity contribution in [2.45, 2.75) is 24.3 Å². The van der Waals surface area contributed by atoms with Crippen molar-refractivity contribution < 1.29 is 22.5 Å². The van der Waals surface area contributed by atoms with Crippen LogP contribution in [0.15, 0.2) is 41.8 Å². The van der Waals surface area contributed by atoms with Crippen molar-refractivity contribution in [3.8, 4) is 0 Å². The van der Waals surface area contributed by atoms with E-state index in [0.717, 1.165) is 11.6 Å². The van der Waals surface area contributed by atoms with Crippen molar-refractivity contribution in [1.29, 1.82) is 0 Å². The second kappa shape index (κ2) is 6.60. The van der Waals surface area contributed by atoms with Crippen LogP contribution in [-0.2, 0) is 19.1 Å².